The highest BCUT2D eigenvalue weighted by molar-refractivity contribution is 14.1. The summed E-state index contributed by atoms with van der Waals surface area (Å²) in [5.41, 5.74) is 8.74. The molecule has 0 amide bonds. The molecule has 138 valence electrons. The molecule has 3 aromatic carbocycles. The maximum absolute atomic E-state index is 6.12. The summed E-state index contributed by atoms with van der Waals surface area (Å²) in [5, 5.41) is 0.790. The first-order valence-electron chi connectivity index (χ1n) is 9.52. The van der Waals surface area contributed by atoms with Gasteiger partial charge in [-0.05, 0) is 94.1 Å². The van der Waals surface area contributed by atoms with Gasteiger partial charge in [-0.1, -0.05) is 72.7 Å². The first-order valence-corrected chi connectivity index (χ1v) is 11.0. The number of halogens is 2. The van der Waals surface area contributed by atoms with Crippen LogP contribution >= 0.6 is 34.2 Å². The molecule has 0 aliphatic heterocycles. The molecule has 1 aliphatic rings. The Kier molecular flexibility index (Phi) is 5.90. The quantitative estimate of drug-likeness (QED) is 0.258. The molecule has 28 heavy (non-hydrogen) atoms. The third kappa shape index (κ3) is 4.35. The van der Waals surface area contributed by atoms with E-state index in [-0.39, 0.29) is 0 Å². The van der Waals surface area contributed by atoms with Crippen LogP contribution in [0.1, 0.15) is 42.0 Å². The second-order valence-corrected chi connectivity index (χ2v) is 8.67. The van der Waals surface area contributed by atoms with Crippen LogP contribution in [0.15, 0.2) is 66.2 Å². The third-order valence-corrected chi connectivity index (χ3v) is 6.52. The van der Waals surface area contributed by atoms with Gasteiger partial charge in [0.15, 0.2) is 0 Å². The highest BCUT2D eigenvalue weighted by atomic mass is 127. The Morgan fingerprint density at radius 1 is 0.893 bits per heavy atom. The average molecular weight is 495 g/mol. The first-order chi connectivity index (χ1) is 13.6. The van der Waals surface area contributed by atoms with Gasteiger partial charge in [0.2, 0.25) is 0 Å². The van der Waals surface area contributed by atoms with Crippen molar-refractivity contribution in [3.05, 3.63) is 97.1 Å². The Morgan fingerprint density at radius 2 is 1.61 bits per heavy atom. The Morgan fingerprint density at radius 3 is 2.36 bits per heavy atom. The molecule has 3 aromatic rings. The molecule has 0 N–H and O–H groups in total. The number of hydrogen-bond acceptors (Lipinski definition) is 0. The molecule has 0 heterocycles. The fourth-order valence-electron chi connectivity index (χ4n) is 3.53. The number of fused-ring (bicyclic) bond motifs is 1. The summed E-state index contributed by atoms with van der Waals surface area (Å²) in [6.07, 6.45) is 5.83. The lowest BCUT2D eigenvalue weighted by Gasteiger charge is -2.04. The average Bonchev–Trinajstić information content (AvgIpc) is 3.11. The van der Waals surface area contributed by atoms with Crippen LogP contribution in [-0.2, 0) is 6.42 Å². The minimum atomic E-state index is 0.790. The summed E-state index contributed by atoms with van der Waals surface area (Å²) < 4.78 is 1.06. The number of hydrogen-bond donors (Lipinski definition) is 0. The lowest BCUT2D eigenvalue weighted by Crippen LogP contribution is -1.86. The van der Waals surface area contributed by atoms with E-state index in [4.69, 9.17) is 11.6 Å². The number of rotatable bonds is 3. The van der Waals surface area contributed by atoms with E-state index in [1.165, 1.54) is 40.7 Å². The summed E-state index contributed by atoms with van der Waals surface area (Å²) in [6, 6.07) is 21.1. The van der Waals surface area contributed by atoms with Crippen LogP contribution in [-0.4, -0.2) is 0 Å². The zero-order valence-electron chi connectivity index (χ0n) is 15.7. The van der Waals surface area contributed by atoms with Crippen LogP contribution in [0.4, 0.5) is 0 Å². The van der Waals surface area contributed by atoms with E-state index in [0.717, 1.165) is 26.1 Å². The fourth-order valence-corrected chi connectivity index (χ4v) is 4.16. The van der Waals surface area contributed by atoms with Crippen LogP contribution in [0.25, 0.3) is 17.2 Å². The van der Waals surface area contributed by atoms with Crippen LogP contribution in [0.2, 0.25) is 5.02 Å². The van der Waals surface area contributed by atoms with Gasteiger partial charge in [-0.15, -0.1) is 0 Å². The van der Waals surface area contributed by atoms with Gasteiger partial charge in [0.05, 0.1) is 5.02 Å². The van der Waals surface area contributed by atoms with E-state index < -0.39 is 0 Å². The second kappa shape index (κ2) is 8.55. The van der Waals surface area contributed by atoms with Gasteiger partial charge in [0, 0.05) is 14.7 Å². The summed E-state index contributed by atoms with van der Waals surface area (Å²) in [4.78, 5) is 0. The van der Waals surface area contributed by atoms with Gasteiger partial charge in [0.1, 0.15) is 0 Å². The maximum Gasteiger partial charge on any atom is 0.0539 e. The third-order valence-electron chi connectivity index (χ3n) is 4.98. The van der Waals surface area contributed by atoms with Crippen molar-refractivity contribution >= 4 is 40.3 Å². The van der Waals surface area contributed by atoms with Crippen molar-refractivity contribution in [1.29, 1.82) is 0 Å². The van der Waals surface area contributed by atoms with E-state index >= 15 is 0 Å². The molecular weight excluding hydrogens is 475 g/mol. The monoisotopic (exact) mass is 494 g/mol. The van der Waals surface area contributed by atoms with Gasteiger partial charge in [-0.25, -0.2) is 0 Å². The Hall–Kier alpha value is -2.02. The van der Waals surface area contributed by atoms with Crippen LogP contribution in [0.5, 0.6) is 0 Å². The molecule has 1 aliphatic carbocycles. The Labute approximate surface area is 185 Å². The standard InChI is InChI=1S/C26H20ClI/c1-2-3-20-15-22-11-8-19(14-24(22)16-20)5-4-18-6-9-21(10-7-18)23-12-13-25(27)26(28)17-23/h6-14,16-17H,2-3,15H2,1H3. The normalized spacial score (nSPS) is 12.2. The molecule has 0 radical (unpaired) electrons. The predicted octanol–water partition coefficient (Wildman–Crippen LogP) is 7.75. The van der Waals surface area contributed by atoms with Crippen molar-refractivity contribution in [2.24, 2.45) is 0 Å². The van der Waals surface area contributed by atoms with Gasteiger partial charge in [-0.2, -0.15) is 0 Å². The van der Waals surface area contributed by atoms with E-state index in [2.05, 4.69) is 102 Å². The van der Waals surface area contributed by atoms with Crippen molar-refractivity contribution in [3.8, 4) is 23.0 Å². The molecule has 0 bridgehead atoms. The maximum atomic E-state index is 6.12. The number of allylic oxidation sites excluding steroid dienone is 1. The fraction of sp³-hybridized carbons (Fsp3) is 0.154. The molecule has 0 aromatic heterocycles. The highest BCUT2D eigenvalue weighted by Gasteiger charge is 2.11. The van der Waals surface area contributed by atoms with Gasteiger partial charge in [-0.3, -0.25) is 0 Å². The summed E-state index contributed by atoms with van der Waals surface area (Å²) >= 11 is 8.39. The van der Waals surface area contributed by atoms with Crippen molar-refractivity contribution in [2.45, 2.75) is 26.2 Å². The second-order valence-electron chi connectivity index (χ2n) is 7.10. The molecular formula is C26H20ClI. The highest BCUT2D eigenvalue weighted by Crippen LogP contribution is 2.28. The molecule has 0 fully saturated rings. The zero-order chi connectivity index (χ0) is 19.5. The summed E-state index contributed by atoms with van der Waals surface area (Å²) in [6.45, 7) is 2.24. The molecule has 0 nitrogen and oxygen atoms in total. The van der Waals surface area contributed by atoms with E-state index in [1.54, 1.807) is 0 Å². The zero-order valence-corrected chi connectivity index (χ0v) is 18.6. The summed E-state index contributed by atoms with van der Waals surface area (Å²) in [5.74, 6) is 6.61. The van der Waals surface area contributed by atoms with E-state index in [1.807, 2.05) is 6.07 Å². The minimum absolute atomic E-state index is 0.790. The van der Waals surface area contributed by atoms with Crippen molar-refractivity contribution in [1.82, 2.24) is 0 Å². The molecule has 0 atom stereocenters. The van der Waals surface area contributed by atoms with E-state index in [9.17, 15) is 0 Å². The van der Waals surface area contributed by atoms with Crippen molar-refractivity contribution in [3.63, 3.8) is 0 Å². The molecule has 0 spiro atoms. The van der Waals surface area contributed by atoms with Gasteiger partial charge < -0.3 is 0 Å². The molecule has 0 unspecified atom stereocenters. The SMILES string of the molecule is CCCC1=Cc2cc(C#Cc3ccc(-c4ccc(Cl)c(I)c4)cc3)ccc2C1. The smallest absolute Gasteiger partial charge is 0.0539 e. The van der Waals surface area contributed by atoms with Crippen LogP contribution < -0.4 is 0 Å². The molecule has 2 heteroatoms. The topological polar surface area (TPSA) is 0 Å². The molecule has 0 saturated heterocycles. The minimum Gasteiger partial charge on any atom is -0.0832 e. The molecule has 0 saturated carbocycles. The predicted molar refractivity (Wildman–Crippen MR) is 129 cm³/mol. The van der Waals surface area contributed by atoms with Gasteiger partial charge >= 0.3 is 0 Å². The van der Waals surface area contributed by atoms with Gasteiger partial charge in [0.25, 0.3) is 0 Å². The Balaban J connectivity index is 1.53. The summed E-state index contributed by atoms with van der Waals surface area (Å²) in [7, 11) is 0. The lowest BCUT2D eigenvalue weighted by atomic mass is 10.0. The van der Waals surface area contributed by atoms with E-state index in [0.29, 0.717) is 0 Å². The van der Waals surface area contributed by atoms with Crippen molar-refractivity contribution < 1.29 is 0 Å². The largest absolute Gasteiger partial charge is 0.0832 e. The number of benzene rings is 3. The van der Waals surface area contributed by atoms with Crippen LogP contribution in [0.3, 0.4) is 0 Å². The molecule has 4 rings (SSSR count). The first kappa shape index (κ1) is 19.3. The Bertz CT molecular complexity index is 1110. The lowest BCUT2D eigenvalue weighted by molar-refractivity contribution is 0.886. The van der Waals surface area contributed by atoms with Crippen LogP contribution in [0, 0.1) is 15.4 Å². The van der Waals surface area contributed by atoms with Crippen molar-refractivity contribution in [2.75, 3.05) is 0 Å².